The Hall–Kier alpha value is -0.570. The molecule has 3 heteroatoms. The molecule has 0 aromatic carbocycles. The van der Waals surface area contributed by atoms with Crippen LogP contribution in [0.4, 0.5) is 0 Å². The topological polar surface area (TPSA) is 29.5 Å². The maximum absolute atomic E-state index is 11.2. The zero-order valence-corrected chi connectivity index (χ0v) is 8.68. The van der Waals surface area contributed by atoms with Gasteiger partial charge < -0.3 is 9.64 Å². The number of carbonyl (C=O) groups is 1. The molecule has 0 rings (SSSR count). The van der Waals surface area contributed by atoms with Crippen LogP contribution in [0.25, 0.3) is 0 Å². The van der Waals surface area contributed by atoms with Gasteiger partial charge in [-0.1, -0.05) is 0 Å². The minimum atomic E-state index is -0.362. The number of rotatable bonds is 4. The third-order valence-corrected chi connectivity index (χ3v) is 1.92. The van der Waals surface area contributed by atoms with Crippen molar-refractivity contribution in [3.63, 3.8) is 0 Å². The standard InChI is InChI=1S/C9H19NO2/c1-9(2,8(11)12-5)6-7-10(3)4/h6-7H2,1-5H3. The smallest absolute Gasteiger partial charge is 0.311 e. The number of methoxy groups -OCH3 is 1. The Morgan fingerprint density at radius 1 is 1.42 bits per heavy atom. The van der Waals surface area contributed by atoms with E-state index in [1.54, 1.807) is 0 Å². The average Bonchev–Trinajstić information content (AvgIpc) is 1.99. The lowest BCUT2D eigenvalue weighted by atomic mass is 9.89. The highest BCUT2D eigenvalue weighted by atomic mass is 16.5. The Bertz CT molecular complexity index is 153. The van der Waals surface area contributed by atoms with Crippen LogP contribution in [0.1, 0.15) is 20.3 Å². The van der Waals surface area contributed by atoms with Crippen molar-refractivity contribution in [2.75, 3.05) is 27.7 Å². The molecular formula is C9H19NO2. The summed E-state index contributed by atoms with van der Waals surface area (Å²) in [5.41, 5.74) is -0.362. The van der Waals surface area contributed by atoms with Gasteiger partial charge in [0.05, 0.1) is 12.5 Å². The molecule has 0 aliphatic heterocycles. The van der Waals surface area contributed by atoms with Crippen LogP contribution in [0, 0.1) is 5.41 Å². The molecule has 0 saturated heterocycles. The predicted molar refractivity (Wildman–Crippen MR) is 49.0 cm³/mol. The number of carbonyl (C=O) groups excluding carboxylic acids is 1. The number of esters is 1. The molecule has 0 heterocycles. The predicted octanol–water partition coefficient (Wildman–Crippen LogP) is 1.14. The highest BCUT2D eigenvalue weighted by molar-refractivity contribution is 5.75. The molecule has 0 spiro atoms. The van der Waals surface area contributed by atoms with E-state index in [1.807, 2.05) is 27.9 Å². The second-order valence-electron chi connectivity index (χ2n) is 3.93. The summed E-state index contributed by atoms with van der Waals surface area (Å²) in [5.74, 6) is -0.135. The van der Waals surface area contributed by atoms with E-state index in [0.717, 1.165) is 13.0 Å². The van der Waals surface area contributed by atoms with Crippen molar-refractivity contribution in [3.8, 4) is 0 Å². The lowest BCUT2D eigenvalue weighted by Crippen LogP contribution is -2.29. The molecule has 0 atom stereocenters. The van der Waals surface area contributed by atoms with E-state index < -0.39 is 0 Å². The molecule has 12 heavy (non-hydrogen) atoms. The van der Waals surface area contributed by atoms with Crippen LogP contribution in [0.15, 0.2) is 0 Å². The fourth-order valence-corrected chi connectivity index (χ4v) is 0.881. The molecule has 72 valence electrons. The lowest BCUT2D eigenvalue weighted by Gasteiger charge is -2.23. The van der Waals surface area contributed by atoms with Crippen molar-refractivity contribution in [3.05, 3.63) is 0 Å². The fraction of sp³-hybridized carbons (Fsp3) is 0.889. The van der Waals surface area contributed by atoms with Gasteiger partial charge in [0.1, 0.15) is 0 Å². The Labute approximate surface area is 74.7 Å². The van der Waals surface area contributed by atoms with Gasteiger partial charge in [-0.25, -0.2) is 0 Å². The minimum absolute atomic E-state index is 0.135. The van der Waals surface area contributed by atoms with Gasteiger partial charge in [0.15, 0.2) is 0 Å². The Morgan fingerprint density at radius 3 is 2.25 bits per heavy atom. The largest absolute Gasteiger partial charge is 0.469 e. The van der Waals surface area contributed by atoms with Crippen LogP contribution in [-0.4, -0.2) is 38.6 Å². The first-order chi connectivity index (χ1) is 5.40. The Kier molecular flexibility index (Phi) is 4.24. The quantitative estimate of drug-likeness (QED) is 0.597. The molecule has 0 bridgehead atoms. The van der Waals surface area contributed by atoms with E-state index in [4.69, 9.17) is 0 Å². The molecule has 0 amide bonds. The number of ether oxygens (including phenoxy) is 1. The number of hydrogen-bond acceptors (Lipinski definition) is 3. The summed E-state index contributed by atoms with van der Waals surface area (Å²) < 4.78 is 4.69. The normalized spacial score (nSPS) is 11.8. The van der Waals surface area contributed by atoms with Crippen LogP contribution in [-0.2, 0) is 9.53 Å². The van der Waals surface area contributed by atoms with Crippen molar-refractivity contribution in [1.29, 1.82) is 0 Å². The molecule has 0 aliphatic carbocycles. The van der Waals surface area contributed by atoms with Crippen LogP contribution in [0.3, 0.4) is 0 Å². The summed E-state index contributed by atoms with van der Waals surface area (Å²) in [6, 6.07) is 0. The first-order valence-corrected chi connectivity index (χ1v) is 4.13. The van der Waals surface area contributed by atoms with E-state index in [0.29, 0.717) is 0 Å². The third kappa shape index (κ3) is 3.72. The highest BCUT2D eigenvalue weighted by Crippen LogP contribution is 2.21. The van der Waals surface area contributed by atoms with E-state index in [2.05, 4.69) is 9.64 Å². The molecule has 3 nitrogen and oxygen atoms in total. The number of hydrogen-bond donors (Lipinski definition) is 0. The van der Waals surface area contributed by atoms with Gasteiger partial charge in [0.25, 0.3) is 0 Å². The molecule has 0 radical (unpaired) electrons. The Balaban J connectivity index is 3.95. The SMILES string of the molecule is COC(=O)C(C)(C)CCN(C)C. The summed E-state index contributed by atoms with van der Waals surface area (Å²) in [6.45, 7) is 4.72. The lowest BCUT2D eigenvalue weighted by molar-refractivity contribution is -0.151. The molecule has 0 fully saturated rings. The van der Waals surface area contributed by atoms with Crippen molar-refractivity contribution < 1.29 is 9.53 Å². The maximum atomic E-state index is 11.2. The molecule has 0 aliphatic rings. The zero-order chi connectivity index (χ0) is 9.78. The first kappa shape index (κ1) is 11.4. The molecule has 0 aromatic heterocycles. The molecule has 0 unspecified atom stereocenters. The average molecular weight is 173 g/mol. The fourth-order valence-electron chi connectivity index (χ4n) is 0.881. The summed E-state index contributed by atoms with van der Waals surface area (Å²) in [7, 11) is 5.42. The third-order valence-electron chi connectivity index (χ3n) is 1.92. The monoisotopic (exact) mass is 173 g/mol. The van der Waals surface area contributed by atoms with Gasteiger partial charge in [0, 0.05) is 0 Å². The van der Waals surface area contributed by atoms with Gasteiger partial charge in [-0.05, 0) is 40.9 Å². The van der Waals surface area contributed by atoms with E-state index in [9.17, 15) is 4.79 Å². The molecule has 0 N–H and O–H groups in total. The zero-order valence-electron chi connectivity index (χ0n) is 8.68. The van der Waals surface area contributed by atoms with E-state index >= 15 is 0 Å². The van der Waals surface area contributed by atoms with Gasteiger partial charge >= 0.3 is 5.97 Å². The van der Waals surface area contributed by atoms with Gasteiger partial charge in [-0.2, -0.15) is 0 Å². The summed E-state index contributed by atoms with van der Waals surface area (Å²) in [4.78, 5) is 13.3. The Morgan fingerprint density at radius 2 is 1.92 bits per heavy atom. The van der Waals surface area contributed by atoms with Gasteiger partial charge in [-0.15, -0.1) is 0 Å². The van der Waals surface area contributed by atoms with Crippen LogP contribution < -0.4 is 0 Å². The highest BCUT2D eigenvalue weighted by Gasteiger charge is 2.27. The van der Waals surface area contributed by atoms with Gasteiger partial charge in [0.2, 0.25) is 0 Å². The summed E-state index contributed by atoms with van der Waals surface area (Å²) in [5, 5.41) is 0. The van der Waals surface area contributed by atoms with E-state index in [-0.39, 0.29) is 11.4 Å². The first-order valence-electron chi connectivity index (χ1n) is 4.13. The second kappa shape index (κ2) is 4.45. The van der Waals surface area contributed by atoms with Crippen molar-refractivity contribution in [2.24, 2.45) is 5.41 Å². The van der Waals surface area contributed by atoms with Crippen molar-refractivity contribution in [2.45, 2.75) is 20.3 Å². The van der Waals surface area contributed by atoms with Crippen LogP contribution in [0.5, 0.6) is 0 Å². The van der Waals surface area contributed by atoms with Crippen molar-refractivity contribution >= 4 is 5.97 Å². The van der Waals surface area contributed by atoms with E-state index in [1.165, 1.54) is 7.11 Å². The second-order valence-corrected chi connectivity index (χ2v) is 3.93. The van der Waals surface area contributed by atoms with Crippen LogP contribution >= 0.6 is 0 Å². The summed E-state index contributed by atoms with van der Waals surface area (Å²) in [6.07, 6.45) is 0.826. The van der Waals surface area contributed by atoms with Crippen LogP contribution in [0.2, 0.25) is 0 Å². The molecular weight excluding hydrogens is 154 g/mol. The summed E-state index contributed by atoms with van der Waals surface area (Å²) >= 11 is 0. The van der Waals surface area contributed by atoms with Crippen molar-refractivity contribution in [1.82, 2.24) is 4.90 Å². The molecule has 0 aromatic rings. The minimum Gasteiger partial charge on any atom is -0.469 e. The maximum Gasteiger partial charge on any atom is 0.311 e. The number of nitrogens with zero attached hydrogens (tertiary/aromatic N) is 1. The van der Waals surface area contributed by atoms with Gasteiger partial charge in [-0.3, -0.25) is 4.79 Å². The molecule has 0 saturated carbocycles.